The molecular weight excluding hydrogens is 299 g/mol. The Balaban J connectivity index is 2.71. The maximum atomic E-state index is 13.2. The first kappa shape index (κ1) is 15.2. The van der Waals surface area contributed by atoms with Crippen molar-refractivity contribution in [1.29, 1.82) is 0 Å². The zero-order valence-corrected chi connectivity index (χ0v) is 12.1. The summed E-state index contributed by atoms with van der Waals surface area (Å²) in [6, 6.07) is 3.85. The van der Waals surface area contributed by atoms with Crippen molar-refractivity contribution in [2.45, 2.75) is 19.8 Å². The Morgan fingerprint density at radius 1 is 1.43 bits per heavy atom. The van der Waals surface area contributed by atoms with Gasteiger partial charge >= 0.3 is 5.97 Å². The SMILES string of the molecule is CC(C)c1cn(-c2ccc(F)c(Cl)c2)nc(C(=O)O)c1=O. The van der Waals surface area contributed by atoms with Crippen LogP contribution in [-0.2, 0) is 0 Å². The lowest BCUT2D eigenvalue weighted by Crippen LogP contribution is -2.25. The summed E-state index contributed by atoms with van der Waals surface area (Å²) in [7, 11) is 0. The monoisotopic (exact) mass is 310 g/mol. The van der Waals surface area contributed by atoms with E-state index in [0.29, 0.717) is 11.3 Å². The molecule has 0 atom stereocenters. The first-order chi connectivity index (χ1) is 9.81. The van der Waals surface area contributed by atoms with Crippen LogP contribution in [0.4, 0.5) is 4.39 Å². The number of hydrogen-bond acceptors (Lipinski definition) is 3. The topological polar surface area (TPSA) is 72.2 Å². The van der Waals surface area contributed by atoms with Gasteiger partial charge in [-0.05, 0) is 24.1 Å². The van der Waals surface area contributed by atoms with Gasteiger partial charge in [0.05, 0.1) is 10.7 Å². The van der Waals surface area contributed by atoms with Crippen LogP contribution in [0.5, 0.6) is 0 Å². The fraction of sp³-hybridized carbons (Fsp3) is 0.214. The van der Waals surface area contributed by atoms with E-state index in [1.807, 2.05) is 0 Å². The molecule has 0 saturated carbocycles. The summed E-state index contributed by atoms with van der Waals surface area (Å²) in [5, 5.41) is 12.7. The molecule has 1 heterocycles. The molecule has 2 rings (SSSR count). The van der Waals surface area contributed by atoms with Crippen LogP contribution < -0.4 is 5.43 Å². The number of benzene rings is 1. The highest BCUT2D eigenvalue weighted by Gasteiger charge is 2.18. The molecule has 1 N–H and O–H groups in total. The van der Waals surface area contributed by atoms with E-state index in [4.69, 9.17) is 16.7 Å². The van der Waals surface area contributed by atoms with Crippen LogP contribution in [0, 0.1) is 5.82 Å². The third-order valence-electron chi connectivity index (χ3n) is 2.94. The van der Waals surface area contributed by atoms with Crippen LogP contribution in [0.25, 0.3) is 5.69 Å². The number of hydrogen-bond donors (Lipinski definition) is 1. The molecule has 0 aliphatic heterocycles. The van der Waals surface area contributed by atoms with Gasteiger partial charge in [-0.3, -0.25) is 4.79 Å². The summed E-state index contributed by atoms with van der Waals surface area (Å²) in [4.78, 5) is 23.2. The summed E-state index contributed by atoms with van der Waals surface area (Å²) < 4.78 is 14.4. The number of halogens is 2. The van der Waals surface area contributed by atoms with Gasteiger partial charge in [0.1, 0.15) is 5.82 Å². The molecule has 7 heteroatoms. The second kappa shape index (κ2) is 5.65. The fourth-order valence-corrected chi connectivity index (χ4v) is 1.99. The Morgan fingerprint density at radius 2 is 2.10 bits per heavy atom. The molecule has 0 unspecified atom stereocenters. The van der Waals surface area contributed by atoms with Gasteiger partial charge in [-0.2, -0.15) is 5.10 Å². The van der Waals surface area contributed by atoms with E-state index in [9.17, 15) is 14.0 Å². The predicted octanol–water partition coefficient (Wildman–Crippen LogP) is 2.85. The van der Waals surface area contributed by atoms with Gasteiger partial charge in [0.25, 0.3) is 0 Å². The van der Waals surface area contributed by atoms with E-state index in [-0.39, 0.29) is 10.9 Å². The zero-order chi connectivity index (χ0) is 15.7. The standard InChI is InChI=1S/C14H12ClFN2O3/c1-7(2)9-6-18(17-12(13(9)19)14(20)21)8-3-4-11(16)10(15)5-8/h3-7H,1-2H3,(H,20,21). The maximum Gasteiger partial charge on any atom is 0.360 e. The minimum absolute atomic E-state index is 0.115. The van der Waals surface area contributed by atoms with Crippen molar-refractivity contribution < 1.29 is 14.3 Å². The van der Waals surface area contributed by atoms with E-state index >= 15 is 0 Å². The second-order valence-corrected chi connectivity index (χ2v) is 5.17. The third kappa shape index (κ3) is 2.95. The van der Waals surface area contributed by atoms with Crippen molar-refractivity contribution in [3.05, 3.63) is 56.7 Å². The lowest BCUT2D eigenvalue weighted by molar-refractivity contribution is 0.0686. The van der Waals surface area contributed by atoms with Gasteiger partial charge in [0, 0.05) is 11.8 Å². The van der Waals surface area contributed by atoms with Crippen LogP contribution in [0.1, 0.15) is 35.8 Å². The molecule has 0 fully saturated rings. The Kier molecular flexibility index (Phi) is 4.09. The molecule has 0 saturated heterocycles. The minimum Gasteiger partial charge on any atom is -0.476 e. The molecular formula is C14H12ClFN2O3. The highest BCUT2D eigenvalue weighted by atomic mass is 35.5. The van der Waals surface area contributed by atoms with E-state index < -0.39 is 22.9 Å². The van der Waals surface area contributed by atoms with E-state index in [0.717, 1.165) is 6.07 Å². The van der Waals surface area contributed by atoms with Crippen molar-refractivity contribution in [3.63, 3.8) is 0 Å². The Labute approximate surface area is 124 Å². The Bertz CT molecular complexity index is 771. The van der Waals surface area contributed by atoms with Gasteiger partial charge in [0.2, 0.25) is 11.1 Å². The largest absolute Gasteiger partial charge is 0.476 e. The number of carboxylic acids is 1. The summed E-state index contributed by atoms with van der Waals surface area (Å²) in [6.45, 7) is 3.54. The highest BCUT2D eigenvalue weighted by molar-refractivity contribution is 6.30. The smallest absolute Gasteiger partial charge is 0.360 e. The molecule has 0 aliphatic carbocycles. The van der Waals surface area contributed by atoms with Gasteiger partial charge in [-0.25, -0.2) is 13.9 Å². The number of nitrogens with zero attached hydrogens (tertiary/aromatic N) is 2. The van der Waals surface area contributed by atoms with Crippen LogP contribution in [-0.4, -0.2) is 20.9 Å². The van der Waals surface area contributed by atoms with Crippen molar-refractivity contribution >= 4 is 17.6 Å². The third-order valence-corrected chi connectivity index (χ3v) is 3.23. The van der Waals surface area contributed by atoms with Gasteiger partial charge in [-0.15, -0.1) is 0 Å². The number of aromatic carboxylic acids is 1. The molecule has 1 aromatic heterocycles. The summed E-state index contributed by atoms with van der Waals surface area (Å²) >= 11 is 5.71. The number of aromatic nitrogens is 2. The summed E-state index contributed by atoms with van der Waals surface area (Å²) in [6.07, 6.45) is 1.43. The van der Waals surface area contributed by atoms with Crippen molar-refractivity contribution in [3.8, 4) is 5.69 Å². The molecule has 0 aliphatic rings. The molecule has 0 radical (unpaired) electrons. The van der Waals surface area contributed by atoms with Gasteiger partial charge < -0.3 is 5.11 Å². The quantitative estimate of drug-likeness (QED) is 0.946. The molecule has 21 heavy (non-hydrogen) atoms. The fourth-order valence-electron chi connectivity index (χ4n) is 1.82. The second-order valence-electron chi connectivity index (χ2n) is 4.77. The van der Waals surface area contributed by atoms with Crippen LogP contribution >= 0.6 is 11.6 Å². The lowest BCUT2D eigenvalue weighted by atomic mass is 10.0. The zero-order valence-electron chi connectivity index (χ0n) is 11.3. The predicted molar refractivity (Wildman–Crippen MR) is 75.9 cm³/mol. The van der Waals surface area contributed by atoms with Crippen molar-refractivity contribution in [2.75, 3.05) is 0 Å². The minimum atomic E-state index is -1.41. The molecule has 2 aromatic rings. The summed E-state index contributed by atoms with van der Waals surface area (Å²) in [5.41, 5.74) is -0.530. The normalized spacial score (nSPS) is 10.9. The Hall–Kier alpha value is -2.21. The highest BCUT2D eigenvalue weighted by Crippen LogP contribution is 2.19. The maximum absolute atomic E-state index is 13.2. The summed E-state index contributed by atoms with van der Waals surface area (Å²) in [5.74, 6) is -2.19. The van der Waals surface area contributed by atoms with Crippen LogP contribution in [0.15, 0.2) is 29.2 Å². The van der Waals surface area contributed by atoms with Gasteiger partial charge in [-0.1, -0.05) is 25.4 Å². The first-order valence-corrected chi connectivity index (χ1v) is 6.51. The molecule has 5 nitrogen and oxygen atoms in total. The molecule has 0 bridgehead atoms. The molecule has 1 aromatic carbocycles. The molecule has 0 amide bonds. The van der Waals surface area contributed by atoms with E-state index in [1.54, 1.807) is 13.8 Å². The average molecular weight is 311 g/mol. The number of rotatable bonds is 3. The van der Waals surface area contributed by atoms with Gasteiger partial charge in [0.15, 0.2) is 0 Å². The number of carbonyl (C=O) groups is 1. The van der Waals surface area contributed by atoms with Crippen LogP contribution in [0.2, 0.25) is 5.02 Å². The average Bonchev–Trinajstić information content (AvgIpc) is 2.41. The lowest BCUT2D eigenvalue weighted by Gasteiger charge is -2.11. The molecule has 0 spiro atoms. The van der Waals surface area contributed by atoms with Crippen molar-refractivity contribution in [1.82, 2.24) is 9.78 Å². The van der Waals surface area contributed by atoms with E-state index in [2.05, 4.69) is 5.10 Å². The molecule has 110 valence electrons. The first-order valence-electron chi connectivity index (χ1n) is 6.14. The van der Waals surface area contributed by atoms with E-state index in [1.165, 1.54) is 23.0 Å². The van der Waals surface area contributed by atoms with Crippen molar-refractivity contribution in [2.24, 2.45) is 0 Å². The number of carboxylic acid groups (broad SMARTS) is 1. The Morgan fingerprint density at radius 3 is 2.62 bits per heavy atom. The van der Waals surface area contributed by atoms with Crippen LogP contribution in [0.3, 0.4) is 0 Å².